The highest BCUT2D eigenvalue weighted by molar-refractivity contribution is 9.10. The van der Waals surface area contributed by atoms with Gasteiger partial charge in [-0.2, -0.15) is 9.57 Å². The first-order valence-electron chi connectivity index (χ1n) is 8.43. The average molecular weight is 467 g/mol. The maximum absolute atomic E-state index is 13.1. The van der Waals surface area contributed by atoms with Crippen LogP contribution in [0.2, 0.25) is 0 Å². The summed E-state index contributed by atoms with van der Waals surface area (Å²) >= 11 is 3.33. The molecule has 148 valence electrons. The molecule has 0 aliphatic carbocycles. The summed E-state index contributed by atoms with van der Waals surface area (Å²) in [6.45, 7) is 1.57. The van der Waals surface area contributed by atoms with Crippen LogP contribution in [0.5, 0.6) is 11.5 Å². The van der Waals surface area contributed by atoms with Crippen LogP contribution in [-0.2, 0) is 10.0 Å². The minimum absolute atomic E-state index is 0.128. The van der Waals surface area contributed by atoms with Gasteiger partial charge in [-0.1, -0.05) is 0 Å². The molecule has 0 radical (unpaired) electrons. The minimum atomic E-state index is -3.72. The van der Waals surface area contributed by atoms with Crippen LogP contribution in [0.3, 0.4) is 0 Å². The highest BCUT2D eigenvalue weighted by atomic mass is 79.9. The zero-order chi connectivity index (χ0) is 20.3. The van der Waals surface area contributed by atoms with Crippen LogP contribution in [0.25, 0.3) is 0 Å². The van der Waals surface area contributed by atoms with Crippen LogP contribution in [0, 0.1) is 11.3 Å². The molecular formula is C18H19BrN4O4S. The van der Waals surface area contributed by atoms with E-state index in [1.165, 1.54) is 24.6 Å². The third-order valence-corrected chi connectivity index (χ3v) is 7.35. The number of sulfonamides is 1. The molecule has 1 saturated heterocycles. The van der Waals surface area contributed by atoms with Gasteiger partial charge in [0.15, 0.2) is 11.5 Å². The summed E-state index contributed by atoms with van der Waals surface area (Å²) in [7, 11) is -0.763. The number of hydrogen-bond donors (Lipinski definition) is 0. The van der Waals surface area contributed by atoms with Crippen LogP contribution in [0.4, 0.5) is 5.82 Å². The Labute approximate surface area is 172 Å². The number of aromatic nitrogens is 1. The number of nitriles is 1. The number of ether oxygens (including phenoxy) is 2. The van der Waals surface area contributed by atoms with Gasteiger partial charge < -0.3 is 14.4 Å². The number of rotatable bonds is 5. The monoisotopic (exact) mass is 466 g/mol. The fraction of sp³-hybridized carbons (Fsp3) is 0.333. The van der Waals surface area contributed by atoms with Gasteiger partial charge in [0.2, 0.25) is 10.0 Å². The summed E-state index contributed by atoms with van der Waals surface area (Å²) in [6, 6.07) is 8.47. The van der Waals surface area contributed by atoms with Gasteiger partial charge in [-0.05, 0) is 34.1 Å². The number of benzene rings is 1. The molecule has 3 rings (SSSR count). The van der Waals surface area contributed by atoms with Gasteiger partial charge in [0, 0.05) is 42.9 Å². The molecule has 0 bridgehead atoms. The van der Waals surface area contributed by atoms with E-state index in [1.54, 1.807) is 24.4 Å². The van der Waals surface area contributed by atoms with Crippen LogP contribution in [-0.4, -0.2) is 58.1 Å². The molecule has 1 aromatic carbocycles. The fourth-order valence-corrected chi connectivity index (χ4v) is 5.41. The van der Waals surface area contributed by atoms with Crippen molar-refractivity contribution < 1.29 is 17.9 Å². The second kappa shape index (κ2) is 8.34. The van der Waals surface area contributed by atoms with Crippen molar-refractivity contribution in [3.05, 3.63) is 40.5 Å². The number of halogens is 1. The van der Waals surface area contributed by atoms with E-state index < -0.39 is 10.0 Å². The summed E-state index contributed by atoms with van der Waals surface area (Å²) in [4.78, 5) is 6.38. The van der Waals surface area contributed by atoms with Crippen molar-refractivity contribution in [1.29, 1.82) is 5.26 Å². The zero-order valence-electron chi connectivity index (χ0n) is 15.4. The fourth-order valence-electron chi connectivity index (χ4n) is 2.99. The second-order valence-electron chi connectivity index (χ2n) is 6.04. The van der Waals surface area contributed by atoms with Crippen LogP contribution in [0.1, 0.15) is 5.56 Å². The van der Waals surface area contributed by atoms with E-state index in [0.717, 1.165) is 0 Å². The zero-order valence-corrected chi connectivity index (χ0v) is 17.8. The normalized spacial score (nSPS) is 15.1. The molecule has 10 heteroatoms. The summed E-state index contributed by atoms with van der Waals surface area (Å²) in [5.41, 5.74) is 0.523. The predicted octanol–water partition coefficient (Wildman–Crippen LogP) is 2.24. The van der Waals surface area contributed by atoms with E-state index in [2.05, 4.69) is 27.0 Å². The standard InChI is InChI=1S/C18H19BrN4O4S/c1-26-15-10-14(19)17(11-16(15)27-2)28(24,25)23-7-5-22(6-8-23)18-9-13(12-20)3-4-21-18/h3-4,9-11H,5-8H2,1-2H3. The quantitative estimate of drug-likeness (QED) is 0.666. The average Bonchev–Trinajstić information content (AvgIpc) is 2.73. The van der Waals surface area contributed by atoms with Gasteiger partial charge >= 0.3 is 0 Å². The molecule has 1 fully saturated rings. The third-order valence-electron chi connectivity index (χ3n) is 4.49. The number of piperazine rings is 1. The van der Waals surface area contributed by atoms with Gasteiger partial charge in [0.1, 0.15) is 10.7 Å². The number of nitrogens with zero attached hydrogens (tertiary/aromatic N) is 4. The van der Waals surface area contributed by atoms with Gasteiger partial charge in [0.05, 0.1) is 25.9 Å². The number of methoxy groups -OCH3 is 2. The number of pyridine rings is 1. The third kappa shape index (κ3) is 3.92. The first kappa shape index (κ1) is 20.4. The molecule has 28 heavy (non-hydrogen) atoms. The maximum Gasteiger partial charge on any atom is 0.244 e. The van der Waals surface area contributed by atoms with E-state index in [1.807, 2.05) is 4.90 Å². The van der Waals surface area contributed by atoms with Crippen molar-refractivity contribution in [2.75, 3.05) is 45.3 Å². The topological polar surface area (TPSA) is 95.8 Å². The summed E-state index contributed by atoms with van der Waals surface area (Å²) in [5.74, 6) is 1.46. The molecule has 0 spiro atoms. The first-order chi connectivity index (χ1) is 13.4. The Bertz CT molecular complexity index is 1010. The first-order valence-corrected chi connectivity index (χ1v) is 10.7. The summed E-state index contributed by atoms with van der Waals surface area (Å²) < 4.78 is 38.6. The molecule has 1 aliphatic heterocycles. The molecule has 0 amide bonds. The lowest BCUT2D eigenvalue weighted by molar-refractivity contribution is 0.352. The van der Waals surface area contributed by atoms with Gasteiger partial charge in [-0.3, -0.25) is 0 Å². The molecule has 1 aliphatic rings. The summed E-state index contributed by atoms with van der Waals surface area (Å²) in [5, 5.41) is 9.03. The smallest absolute Gasteiger partial charge is 0.244 e. The predicted molar refractivity (Wildman–Crippen MR) is 107 cm³/mol. The van der Waals surface area contributed by atoms with E-state index in [9.17, 15) is 8.42 Å². The lowest BCUT2D eigenvalue weighted by Gasteiger charge is -2.34. The molecule has 1 aromatic heterocycles. The molecule has 0 N–H and O–H groups in total. The lowest BCUT2D eigenvalue weighted by atomic mass is 10.2. The summed E-state index contributed by atoms with van der Waals surface area (Å²) in [6.07, 6.45) is 1.58. The van der Waals surface area contributed by atoms with Crippen LogP contribution < -0.4 is 14.4 Å². The van der Waals surface area contributed by atoms with E-state index >= 15 is 0 Å². The Hall–Kier alpha value is -2.35. The largest absolute Gasteiger partial charge is 0.493 e. The second-order valence-corrected chi connectivity index (χ2v) is 8.80. The van der Waals surface area contributed by atoms with Gasteiger partial charge in [0.25, 0.3) is 0 Å². The SMILES string of the molecule is COc1cc(Br)c(S(=O)(=O)N2CCN(c3cc(C#N)ccn3)CC2)cc1OC. The molecule has 0 atom stereocenters. The van der Waals surface area contributed by atoms with Crippen molar-refractivity contribution in [1.82, 2.24) is 9.29 Å². The van der Waals surface area contributed by atoms with Crippen molar-refractivity contribution in [2.24, 2.45) is 0 Å². The van der Waals surface area contributed by atoms with E-state index in [-0.39, 0.29) is 4.90 Å². The Morgan fingerprint density at radius 1 is 1.11 bits per heavy atom. The van der Waals surface area contributed by atoms with Crippen LogP contribution >= 0.6 is 15.9 Å². The highest BCUT2D eigenvalue weighted by Crippen LogP contribution is 2.37. The van der Waals surface area contributed by atoms with E-state index in [4.69, 9.17) is 14.7 Å². The number of hydrogen-bond acceptors (Lipinski definition) is 7. The molecule has 2 aromatic rings. The van der Waals surface area contributed by atoms with Crippen molar-refractivity contribution >= 4 is 31.8 Å². The molecule has 0 unspecified atom stereocenters. The Morgan fingerprint density at radius 3 is 2.36 bits per heavy atom. The Balaban J connectivity index is 1.81. The van der Waals surface area contributed by atoms with Crippen LogP contribution in [0.15, 0.2) is 39.8 Å². The molecule has 2 heterocycles. The molecule has 0 saturated carbocycles. The van der Waals surface area contributed by atoms with Crippen molar-refractivity contribution in [3.63, 3.8) is 0 Å². The number of anilines is 1. The maximum atomic E-state index is 13.1. The highest BCUT2D eigenvalue weighted by Gasteiger charge is 2.31. The Morgan fingerprint density at radius 2 is 1.75 bits per heavy atom. The molecule has 8 nitrogen and oxygen atoms in total. The van der Waals surface area contributed by atoms with Crippen molar-refractivity contribution in [3.8, 4) is 17.6 Å². The van der Waals surface area contributed by atoms with Gasteiger partial charge in [-0.15, -0.1) is 0 Å². The Kier molecular flexibility index (Phi) is 6.07. The minimum Gasteiger partial charge on any atom is -0.493 e. The van der Waals surface area contributed by atoms with E-state index in [0.29, 0.717) is 53.5 Å². The molecular weight excluding hydrogens is 448 g/mol. The van der Waals surface area contributed by atoms with Crippen molar-refractivity contribution in [2.45, 2.75) is 4.90 Å². The van der Waals surface area contributed by atoms with Gasteiger partial charge in [-0.25, -0.2) is 13.4 Å². The lowest BCUT2D eigenvalue weighted by Crippen LogP contribution is -2.49.